The number of pyridine rings is 1. The number of nitrogens with zero attached hydrogens (tertiary/aromatic N) is 2. The van der Waals surface area contributed by atoms with Gasteiger partial charge in [0, 0.05) is 37.3 Å². The van der Waals surface area contributed by atoms with Crippen LogP contribution in [0.3, 0.4) is 0 Å². The maximum absolute atomic E-state index is 12.4. The Morgan fingerprint density at radius 2 is 2.30 bits per heavy atom. The number of carbonyl (C=O) groups is 2. The second-order valence-corrected chi connectivity index (χ2v) is 5.48. The first-order valence-corrected chi connectivity index (χ1v) is 6.93. The van der Waals surface area contributed by atoms with Gasteiger partial charge in [-0.25, -0.2) is 4.98 Å². The lowest BCUT2D eigenvalue weighted by Crippen LogP contribution is -2.55. The lowest BCUT2D eigenvalue weighted by molar-refractivity contribution is -0.125. The SMILES string of the molecule is Nc1cc(C(=O)N2CCC3NC(=O)CCC3C2)ccn1. The van der Waals surface area contributed by atoms with E-state index in [0.717, 1.165) is 12.8 Å². The van der Waals surface area contributed by atoms with E-state index in [-0.39, 0.29) is 17.9 Å². The van der Waals surface area contributed by atoms with E-state index in [4.69, 9.17) is 5.73 Å². The van der Waals surface area contributed by atoms with E-state index in [9.17, 15) is 9.59 Å². The Labute approximate surface area is 117 Å². The third-order valence-corrected chi connectivity index (χ3v) is 4.14. The van der Waals surface area contributed by atoms with Gasteiger partial charge in [0.1, 0.15) is 5.82 Å². The maximum atomic E-state index is 12.4. The van der Waals surface area contributed by atoms with Gasteiger partial charge in [0.05, 0.1) is 0 Å². The fraction of sp³-hybridized carbons (Fsp3) is 0.500. The van der Waals surface area contributed by atoms with Gasteiger partial charge in [-0.1, -0.05) is 0 Å². The van der Waals surface area contributed by atoms with Gasteiger partial charge in [0.25, 0.3) is 5.91 Å². The maximum Gasteiger partial charge on any atom is 0.254 e. The molecular formula is C14H18N4O2. The first-order valence-electron chi connectivity index (χ1n) is 6.93. The summed E-state index contributed by atoms with van der Waals surface area (Å²) >= 11 is 0. The number of aromatic nitrogens is 1. The molecule has 6 heteroatoms. The lowest BCUT2D eigenvalue weighted by atomic mass is 9.85. The zero-order chi connectivity index (χ0) is 14.1. The Balaban J connectivity index is 1.70. The summed E-state index contributed by atoms with van der Waals surface area (Å²) in [5.74, 6) is 0.850. The highest BCUT2D eigenvalue weighted by Gasteiger charge is 2.35. The molecule has 0 aliphatic carbocycles. The third kappa shape index (κ3) is 2.45. The predicted molar refractivity (Wildman–Crippen MR) is 73.8 cm³/mol. The fourth-order valence-electron chi connectivity index (χ4n) is 3.06. The third-order valence-electron chi connectivity index (χ3n) is 4.14. The van der Waals surface area contributed by atoms with Crippen molar-refractivity contribution in [3.05, 3.63) is 23.9 Å². The summed E-state index contributed by atoms with van der Waals surface area (Å²) in [5.41, 5.74) is 6.20. The van der Waals surface area contributed by atoms with E-state index in [1.165, 1.54) is 0 Å². The van der Waals surface area contributed by atoms with E-state index in [0.29, 0.717) is 36.8 Å². The van der Waals surface area contributed by atoms with Crippen molar-refractivity contribution in [3.8, 4) is 0 Å². The van der Waals surface area contributed by atoms with Crippen LogP contribution >= 0.6 is 0 Å². The number of fused-ring (bicyclic) bond motifs is 1. The molecule has 3 heterocycles. The van der Waals surface area contributed by atoms with Crippen LogP contribution in [0.5, 0.6) is 0 Å². The van der Waals surface area contributed by atoms with E-state index >= 15 is 0 Å². The molecule has 3 N–H and O–H groups in total. The average Bonchev–Trinajstić information content (AvgIpc) is 2.46. The van der Waals surface area contributed by atoms with Crippen molar-refractivity contribution in [2.45, 2.75) is 25.3 Å². The molecule has 0 bridgehead atoms. The molecule has 6 nitrogen and oxygen atoms in total. The van der Waals surface area contributed by atoms with Crippen LogP contribution in [-0.2, 0) is 4.79 Å². The zero-order valence-electron chi connectivity index (χ0n) is 11.2. The highest BCUT2D eigenvalue weighted by Crippen LogP contribution is 2.26. The summed E-state index contributed by atoms with van der Waals surface area (Å²) in [4.78, 5) is 29.6. The van der Waals surface area contributed by atoms with Gasteiger partial charge in [0.2, 0.25) is 5.91 Å². The molecule has 20 heavy (non-hydrogen) atoms. The number of nitrogens with one attached hydrogen (secondary N) is 1. The number of likely N-dealkylation sites (tertiary alicyclic amines) is 1. The number of piperidine rings is 2. The summed E-state index contributed by atoms with van der Waals surface area (Å²) in [5, 5.41) is 3.02. The quantitative estimate of drug-likeness (QED) is 0.776. The average molecular weight is 274 g/mol. The van der Waals surface area contributed by atoms with Crippen molar-refractivity contribution < 1.29 is 9.59 Å². The predicted octanol–water partition coefficient (Wildman–Crippen LogP) is 0.404. The van der Waals surface area contributed by atoms with Crippen molar-refractivity contribution in [2.75, 3.05) is 18.8 Å². The van der Waals surface area contributed by atoms with E-state index < -0.39 is 0 Å². The minimum Gasteiger partial charge on any atom is -0.384 e. The van der Waals surface area contributed by atoms with E-state index in [2.05, 4.69) is 10.3 Å². The number of rotatable bonds is 1. The summed E-state index contributed by atoms with van der Waals surface area (Å²) in [7, 11) is 0. The Hall–Kier alpha value is -2.11. The molecule has 0 aromatic carbocycles. The first-order chi connectivity index (χ1) is 9.63. The zero-order valence-corrected chi connectivity index (χ0v) is 11.2. The molecule has 2 atom stereocenters. The minimum absolute atomic E-state index is 0.00514. The molecule has 106 valence electrons. The normalized spacial score (nSPS) is 25.8. The van der Waals surface area contributed by atoms with Gasteiger partial charge < -0.3 is 16.0 Å². The van der Waals surface area contributed by atoms with Crippen LogP contribution in [0, 0.1) is 5.92 Å². The number of anilines is 1. The molecule has 2 saturated heterocycles. The van der Waals surface area contributed by atoms with Crippen molar-refractivity contribution in [1.82, 2.24) is 15.2 Å². The van der Waals surface area contributed by atoms with Gasteiger partial charge in [-0.3, -0.25) is 9.59 Å². The number of amides is 2. The largest absolute Gasteiger partial charge is 0.384 e. The van der Waals surface area contributed by atoms with Gasteiger partial charge in [-0.05, 0) is 30.9 Å². The van der Waals surface area contributed by atoms with Crippen molar-refractivity contribution in [2.24, 2.45) is 5.92 Å². The van der Waals surface area contributed by atoms with Crippen molar-refractivity contribution >= 4 is 17.6 Å². The highest BCUT2D eigenvalue weighted by molar-refractivity contribution is 5.94. The van der Waals surface area contributed by atoms with Gasteiger partial charge in [0.15, 0.2) is 0 Å². The molecule has 2 fully saturated rings. The first kappa shape index (κ1) is 12.9. The molecule has 2 amide bonds. The van der Waals surface area contributed by atoms with Gasteiger partial charge >= 0.3 is 0 Å². The molecule has 0 spiro atoms. The topological polar surface area (TPSA) is 88.3 Å². The Morgan fingerprint density at radius 1 is 1.45 bits per heavy atom. The molecule has 2 aliphatic rings. The van der Waals surface area contributed by atoms with Crippen LogP contribution < -0.4 is 11.1 Å². The molecule has 1 aromatic rings. The monoisotopic (exact) mass is 274 g/mol. The molecule has 0 saturated carbocycles. The summed E-state index contributed by atoms with van der Waals surface area (Å²) in [6.45, 7) is 1.37. The highest BCUT2D eigenvalue weighted by atomic mass is 16.2. The van der Waals surface area contributed by atoms with Crippen LogP contribution in [0.2, 0.25) is 0 Å². The summed E-state index contributed by atoms with van der Waals surface area (Å²) in [6.07, 6.45) is 3.79. The summed E-state index contributed by atoms with van der Waals surface area (Å²) < 4.78 is 0. The molecular weight excluding hydrogens is 256 g/mol. The Kier molecular flexibility index (Phi) is 3.30. The molecule has 0 radical (unpaired) electrons. The number of nitrogens with two attached hydrogens (primary N) is 1. The Morgan fingerprint density at radius 3 is 3.10 bits per heavy atom. The second kappa shape index (κ2) is 5.11. The van der Waals surface area contributed by atoms with E-state index in [1.54, 1.807) is 18.3 Å². The van der Waals surface area contributed by atoms with Crippen molar-refractivity contribution in [1.29, 1.82) is 0 Å². The number of hydrogen-bond acceptors (Lipinski definition) is 4. The van der Waals surface area contributed by atoms with Gasteiger partial charge in [-0.15, -0.1) is 0 Å². The van der Waals surface area contributed by atoms with E-state index in [1.807, 2.05) is 4.90 Å². The second-order valence-electron chi connectivity index (χ2n) is 5.48. The van der Waals surface area contributed by atoms with Crippen LogP contribution in [0.25, 0.3) is 0 Å². The molecule has 3 rings (SSSR count). The summed E-state index contributed by atoms with van der Waals surface area (Å²) in [6, 6.07) is 3.52. The van der Waals surface area contributed by atoms with Crippen molar-refractivity contribution in [3.63, 3.8) is 0 Å². The fourth-order valence-corrected chi connectivity index (χ4v) is 3.06. The van der Waals surface area contributed by atoms with Gasteiger partial charge in [-0.2, -0.15) is 0 Å². The lowest BCUT2D eigenvalue weighted by Gasteiger charge is -2.41. The molecule has 2 aliphatic heterocycles. The molecule has 2 unspecified atom stereocenters. The number of nitrogen functional groups attached to an aromatic ring is 1. The number of carbonyl (C=O) groups excluding carboxylic acids is 2. The smallest absolute Gasteiger partial charge is 0.254 e. The standard InChI is InChI=1S/C14H18N4O2/c15-12-7-9(3-5-16-12)14(20)18-6-4-11-10(8-18)1-2-13(19)17-11/h3,5,7,10-11H,1-2,4,6,8H2,(H2,15,16)(H,17,19). The van der Waals surface area contributed by atoms with Crippen LogP contribution in [-0.4, -0.2) is 40.8 Å². The molecule has 1 aromatic heterocycles. The number of hydrogen-bond donors (Lipinski definition) is 2. The van der Waals surface area contributed by atoms with Crippen LogP contribution in [0.15, 0.2) is 18.3 Å². The Bertz CT molecular complexity index is 546. The van der Waals surface area contributed by atoms with Crippen LogP contribution in [0.1, 0.15) is 29.6 Å². The minimum atomic E-state index is -0.00514. The van der Waals surface area contributed by atoms with Crippen LogP contribution in [0.4, 0.5) is 5.82 Å².